The smallest absolute Gasteiger partial charge is 0.303 e. The fourth-order valence-corrected chi connectivity index (χ4v) is 4.85. The van der Waals surface area contributed by atoms with Crippen LogP contribution in [0.25, 0.3) is 12.2 Å². The lowest BCUT2D eigenvalue weighted by Gasteiger charge is -2.11. The summed E-state index contributed by atoms with van der Waals surface area (Å²) in [6.07, 6.45) is 7.21. The van der Waals surface area contributed by atoms with Gasteiger partial charge in [0.05, 0.1) is 4.88 Å². The van der Waals surface area contributed by atoms with Crippen molar-refractivity contribution in [3.63, 3.8) is 0 Å². The van der Waals surface area contributed by atoms with Crippen LogP contribution in [0, 0.1) is 6.92 Å². The number of thiophene rings is 1. The summed E-state index contributed by atoms with van der Waals surface area (Å²) in [7, 11) is 0. The number of aryl methyl sites for hydroxylation is 2. The average molecular weight is 494 g/mol. The fourth-order valence-electron chi connectivity index (χ4n) is 3.66. The number of amides is 1. The number of hydrogen-bond acceptors (Lipinski definition) is 4. The van der Waals surface area contributed by atoms with E-state index in [4.69, 9.17) is 21.4 Å². The monoisotopic (exact) mass is 493 g/mol. The zero-order valence-corrected chi connectivity index (χ0v) is 20.2. The zero-order chi connectivity index (χ0) is 24.1. The second-order valence-electron chi connectivity index (χ2n) is 8.04. The van der Waals surface area contributed by atoms with Gasteiger partial charge in [-0.15, -0.1) is 11.3 Å². The van der Waals surface area contributed by atoms with Gasteiger partial charge in [0.2, 0.25) is 0 Å². The first kappa shape index (κ1) is 23.8. The van der Waals surface area contributed by atoms with Crippen LogP contribution in [-0.4, -0.2) is 17.0 Å². The fraction of sp³-hybridized carbons (Fsp3) is 0.185. The van der Waals surface area contributed by atoms with E-state index in [-0.39, 0.29) is 12.3 Å². The predicted octanol–water partition coefficient (Wildman–Crippen LogP) is 6.79. The lowest BCUT2D eigenvalue weighted by atomic mass is 10.0. The van der Waals surface area contributed by atoms with Crippen LogP contribution < -0.4 is 10.1 Å². The highest BCUT2D eigenvalue weighted by molar-refractivity contribution is 7.15. The van der Waals surface area contributed by atoms with Gasteiger partial charge in [-0.05, 0) is 78.1 Å². The quantitative estimate of drug-likeness (QED) is 0.362. The lowest BCUT2D eigenvalue weighted by Crippen LogP contribution is -2.21. The number of nitrogens with one attached hydrogen (secondary N) is 1. The molecule has 0 atom stereocenters. The van der Waals surface area contributed by atoms with Crippen LogP contribution >= 0.6 is 22.9 Å². The summed E-state index contributed by atoms with van der Waals surface area (Å²) >= 11 is 7.62. The number of halogens is 1. The lowest BCUT2D eigenvalue weighted by molar-refractivity contribution is -0.136. The summed E-state index contributed by atoms with van der Waals surface area (Å²) in [6.45, 7) is 2.32. The van der Waals surface area contributed by atoms with Gasteiger partial charge in [0.15, 0.2) is 0 Å². The van der Waals surface area contributed by atoms with Gasteiger partial charge in [-0.3, -0.25) is 9.59 Å². The standard InChI is InChI=1S/C27H24ClNO4S/c1-17-12-23(10-8-19(17)9-11-26(30)31)33-22-6-2-4-18(13-22)16-29-27(32)25-15-20-14-21(28)5-3-7-24(20)34-25/h2-4,6-8,10,12-15H,5,9,11,16H2,1H3,(H,29,32)(H,30,31). The first-order valence-electron chi connectivity index (χ1n) is 10.9. The highest BCUT2D eigenvalue weighted by Crippen LogP contribution is 2.30. The number of ether oxygens (including phenoxy) is 1. The molecule has 0 saturated heterocycles. The Balaban J connectivity index is 1.38. The van der Waals surface area contributed by atoms with Crippen molar-refractivity contribution >= 4 is 47.0 Å². The predicted molar refractivity (Wildman–Crippen MR) is 137 cm³/mol. The molecule has 0 aliphatic heterocycles. The molecule has 1 aliphatic carbocycles. The minimum atomic E-state index is -0.809. The van der Waals surface area contributed by atoms with Crippen molar-refractivity contribution in [2.45, 2.75) is 32.7 Å². The Hall–Kier alpha value is -3.35. The Morgan fingerprint density at radius 3 is 2.76 bits per heavy atom. The van der Waals surface area contributed by atoms with E-state index in [0.717, 1.165) is 32.2 Å². The highest BCUT2D eigenvalue weighted by atomic mass is 35.5. The maximum absolute atomic E-state index is 12.7. The molecule has 0 bridgehead atoms. The molecular formula is C27H24ClNO4S. The van der Waals surface area contributed by atoms with E-state index in [1.807, 2.05) is 73.7 Å². The first-order chi connectivity index (χ1) is 16.4. The molecule has 34 heavy (non-hydrogen) atoms. The van der Waals surface area contributed by atoms with Gasteiger partial charge in [-0.2, -0.15) is 0 Å². The molecule has 0 radical (unpaired) electrons. The number of carboxylic acid groups (broad SMARTS) is 1. The van der Waals surface area contributed by atoms with Crippen LogP contribution in [-0.2, 0) is 17.8 Å². The van der Waals surface area contributed by atoms with Crippen LogP contribution in [0.4, 0.5) is 0 Å². The minimum absolute atomic E-state index is 0.101. The van der Waals surface area contributed by atoms with E-state index in [1.165, 1.54) is 11.3 Å². The molecule has 1 amide bonds. The highest BCUT2D eigenvalue weighted by Gasteiger charge is 2.14. The summed E-state index contributed by atoms with van der Waals surface area (Å²) in [6, 6.07) is 15.1. The van der Waals surface area contributed by atoms with Crippen molar-refractivity contribution < 1.29 is 19.4 Å². The number of benzene rings is 2. The number of carbonyl (C=O) groups excluding carboxylic acids is 1. The number of rotatable bonds is 8. The molecule has 0 fully saturated rings. The summed E-state index contributed by atoms with van der Waals surface area (Å²) in [5, 5.41) is 12.6. The maximum Gasteiger partial charge on any atom is 0.303 e. The Labute approximate surface area is 207 Å². The number of allylic oxidation sites excluding steroid dienone is 2. The number of carbonyl (C=O) groups is 2. The van der Waals surface area contributed by atoms with Gasteiger partial charge in [0, 0.05) is 29.3 Å². The van der Waals surface area contributed by atoms with E-state index in [0.29, 0.717) is 35.8 Å². The van der Waals surface area contributed by atoms with Crippen molar-refractivity contribution in [3.8, 4) is 11.5 Å². The van der Waals surface area contributed by atoms with Crippen molar-refractivity contribution in [3.05, 3.63) is 91.6 Å². The third-order valence-electron chi connectivity index (χ3n) is 5.42. The van der Waals surface area contributed by atoms with Crippen molar-refractivity contribution in [1.29, 1.82) is 0 Å². The zero-order valence-electron chi connectivity index (χ0n) is 18.6. The minimum Gasteiger partial charge on any atom is -0.481 e. The third kappa shape index (κ3) is 6.16. The topological polar surface area (TPSA) is 75.6 Å². The van der Waals surface area contributed by atoms with Crippen LogP contribution in [0.15, 0.2) is 59.6 Å². The summed E-state index contributed by atoms with van der Waals surface area (Å²) in [5.74, 6) is 0.403. The Kier molecular flexibility index (Phi) is 7.50. The van der Waals surface area contributed by atoms with E-state index in [2.05, 4.69) is 5.32 Å². The molecule has 7 heteroatoms. The van der Waals surface area contributed by atoms with Gasteiger partial charge in [0.25, 0.3) is 5.91 Å². The van der Waals surface area contributed by atoms with E-state index in [1.54, 1.807) is 0 Å². The average Bonchev–Trinajstić information content (AvgIpc) is 3.11. The van der Waals surface area contributed by atoms with Gasteiger partial charge in [-0.1, -0.05) is 35.9 Å². The summed E-state index contributed by atoms with van der Waals surface area (Å²) in [4.78, 5) is 25.2. The second kappa shape index (κ2) is 10.7. The number of carboxylic acids is 1. The van der Waals surface area contributed by atoms with Crippen LogP contribution in [0.1, 0.15) is 49.6 Å². The molecule has 1 aliphatic rings. The molecule has 1 aromatic heterocycles. The molecule has 3 aromatic rings. The number of aliphatic carboxylic acids is 1. The third-order valence-corrected chi connectivity index (χ3v) is 6.80. The molecular weight excluding hydrogens is 470 g/mol. The van der Waals surface area contributed by atoms with E-state index < -0.39 is 5.97 Å². The molecule has 1 heterocycles. The number of fused-ring (bicyclic) bond motifs is 1. The SMILES string of the molecule is Cc1cc(Oc2cccc(CNC(=O)c3cc4c(s3)C=CCC(Cl)=C4)c2)ccc1CCC(=O)O. The number of hydrogen-bond donors (Lipinski definition) is 2. The Morgan fingerprint density at radius 1 is 1.15 bits per heavy atom. The van der Waals surface area contributed by atoms with Crippen LogP contribution in [0.5, 0.6) is 11.5 Å². The van der Waals surface area contributed by atoms with E-state index >= 15 is 0 Å². The van der Waals surface area contributed by atoms with Crippen molar-refractivity contribution in [1.82, 2.24) is 5.32 Å². The molecule has 4 rings (SSSR count). The maximum atomic E-state index is 12.7. The van der Waals surface area contributed by atoms with Crippen molar-refractivity contribution in [2.75, 3.05) is 0 Å². The first-order valence-corrected chi connectivity index (χ1v) is 12.1. The summed E-state index contributed by atoms with van der Waals surface area (Å²) in [5.41, 5.74) is 3.86. The Bertz CT molecular complexity index is 1290. The van der Waals surface area contributed by atoms with Crippen LogP contribution in [0.3, 0.4) is 0 Å². The largest absolute Gasteiger partial charge is 0.481 e. The molecule has 0 unspecified atom stereocenters. The van der Waals surface area contributed by atoms with Gasteiger partial charge in [0.1, 0.15) is 11.5 Å². The Morgan fingerprint density at radius 2 is 1.97 bits per heavy atom. The normalized spacial score (nSPS) is 12.5. The molecule has 2 aromatic carbocycles. The van der Waals surface area contributed by atoms with Crippen molar-refractivity contribution in [2.24, 2.45) is 0 Å². The van der Waals surface area contributed by atoms with Crippen LogP contribution in [0.2, 0.25) is 0 Å². The van der Waals surface area contributed by atoms with Gasteiger partial charge >= 0.3 is 5.97 Å². The van der Waals surface area contributed by atoms with Gasteiger partial charge in [-0.25, -0.2) is 0 Å². The van der Waals surface area contributed by atoms with Gasteiger partial charge < -0.3 is 15.2 Å². The molecule has 2 N–H and O–H groups in total. The molecule has 174 valence electrons. The summed E-state index contributed by atoms with van der Waals surface area (Å²) < 4.78 is 6.00. The molecule has 0 spiro atoms. The second-order valence-corrected chi connectivity index (χ2v) is 9.61. The molecule has 5 nitrogen and oxygen atoms in total. The molecule has 0 saturated carbocycles. The van der Waals surface area contributed by atoms with E-state index in [9.17, 15) is 9.59 Å².